The van der Waals surface area contributed by atoms with Gasteiger partial charge in [-0.3, -0.25) is 0 Å². The third kappa shape index (κ3) is 4.55. The number of fused-ring (bicyclic) bond motifs is 8. The predicted molar refractivity (Wildman–Crippen MR) is 157 cm³/mol. The number of allylic oxidation sites excluding steroid dienone is 4. The summed E-state index contributed by atoms with van der Waals surface area (Å²) < 4.78 is 0. The van der Waals surface area contributed by atoms with Gasteiger partial charge in [-0.05, 0) is 75.2 Å². The topological polar surface area (TPSA) is 54.0 Å². The van der Waals surface area contributed by atoms with Crippen molar-refractivity contribution in [3.63, 3.8) is 0 Å². The van der Waals surface area contributed by atoms with Crippen LogP contribution in [0.1, 0.15) is 106 Å². The summed E-state index contributed by atoms with van der Waals surface area (Å²) in [4.78, 5) is 20.6. The Kier molecular flexibility index (Phi) is 8.33. The van der Waals surface area contributed by atoms with Crippen molar-refractivity contribution in [2.75, 3.05) is 0 Å². The van der Waals surface area contributed by atoms with Crippen LogP contribution in [0.3, 0.4) is 0 Å². The zero-order valence-electron chi connectivity index (χ0n) is 24.0. The van der Waals surface area contributed by atoms with E-state index in [4.69, 9.17) is 19.9 Å². The van der Waals surface area contributed by atoms with Crippen LogP contribution in [0.2, 0.25) is 0 Å². The summed E-state index contributed by atoms with van der Waals surface area (Å²) >= 11 is 0. The SMILES string of the molecule is CCC1=C(C)c2cc3[n-]c(cc4nc(cc5[n-]c(cc1n2)c(C)c5CC)C(CC)=C4CC)c(C)c3CC.[Pt+2]. The molecule has 200 valence electrons. The molecule has 0 atom stereocenters. The van der Waals surface area contributed by atoms with Gasteiger partial charge in [0.25, 0.3) is 0 Å². The van der Waals surface area contributed by atoms with Crippen molar-refractivity contribution in [1.82, 2.24) is 19.9 Å². The summed E-state index contributed by atoms with van der Waals surface area (Å²) in [6, 6.07) is 8.78. The molecule has 0 aromatic carbocycles. The summed E-state index contributed by atoms with van der Waals surface area (Å²) in [6.45, 7) is 17.7. The molecule has 0 saturated heterocycles. The number of rotatable bonds is 5. The Morgan fingerprint density at radius 3 is 1.29 bits per heavy atom. The van der Waals surface area contributed by atoms with E-state index in [0.717, 1.165) is 76.9 Å². The molecule has 0 radical (unpaired) electrons. The van der Waals surface area contributed by atoms with Crippen LogP contribution in [0.25, 0.3) is 44.4 Å². The average molecular weight is 686 g/mol. The molecule has 0 amide bonds. The van der Waals surface area contributed by atoms with Crippen molar-refractivity contribution in [2.45, 2.75) is 87.5 Å². The smallest absolute Gasteiger partial charge is 0.657 e. The summed E-state index contributed by atoms with van der Waals surface area (Å²) in [5.41, 5.74) is 18.4. The predicted octanol–water partition coefficient (Wildman–Crippen LogP) is 8.38. The van der Waals surface area contributed by atoms with E-state index < -0.39 is 0 Å². The zero-order valence-corrected chi connectivity index (χ0v) is 26.2. The molecule has 38 heavy (non-hydrogen) atoms. The second kappa shape index (κ2) is 11.2. The Labute approximate surface area is 241 Å². The van der Waals surface area contributed by atoms with Gasteiger partial charge in [0, 0.05) is 0 Å². The van der Waals surface area contributed by atoms with E-state index in [-0.39, 0.29) is 21.1 Å². The van der Waals surface area contributed by atoms with Crippen molar-refractivity contribution < 1.29 is 21.1 Å². The van der Waals surface area contributed by atoms with E-state index in [2.05, 4.69) is 79.7 Å². The summed E-state index contributed by atoms with van der Waals surface area (Å²) in [7, 11) is 0. The van der Waals surface area contributed by atoms with E-state index >= 15 is 0 Å². The van der Waals surface area contributed by atoms with E-state index in [9.17, 15) is 0 Å². The van der Waals surface area contributed by atoms with Gasteiger partial charge < -0.3 is 9.97 Å². The van der Waals surface area contributed by atoms with Crippen LogP contribution in [-0.4, -0.2) is 9.97 Å². The molecule has 4 nitrogen and oxygen atoms in total. The van der Waals surface area contributed by atoms with Gasteiger partial charge in [0.15, 0.2) is 0 Å². The quantitative estimate of drug-likeness (QED) is 0.271. The molecule has 3 aromatic rings. The van der Waals surface area contributed by atoms with E-state index in [1.165, 1.54) is 44.5 Å². The van der Waals surface area contributed by atoms with Crippen LogP contribution < -0.4 is 9.97 Å². The number of aromatic nitrogens is 4. The molecule has 8 bridgehead atoms. The molecule has 0 saturated carbocycles. The fraction of sp³-hybridized carbons (Fsp3) is 0.394. The van der Waals surface area contributed by atoms with Crippen LogP contribution in [0.5, 0.6) is 0 Å². The maximum atomic E-state index is 5.18. The summed E-state index contributed by atoms with van der Waals surface area (Å²) in [6.07, 6.45) is 4.70. The first kappa shape index (κ1) is 28.3. The number of hydrogen-bond donors (Lipinski definition) is 0. The largest absolute Gasteiger partial charge is 2.00 e. The minimum Gasteiger partial charge on any atom is -0.657 e. The first-order valence-electron chi connectivity index (χ1n) is 13.9. The first-order chi connectivity index (χ1) is 17.8. The Hall–Kier alpha value is -2.71. The minimum absolute atomic E-state index is 0. The van der Waals surface area contributed by atoms with Crippen molar-refractivity contribution in [1.29, 1.82) is 0 Å². The van der Waals surface area contributed by atoms with Crippen molar-refractivity contribution >= 4 is 44.4 Å². The van der Waals surface area contributed by atoms with Crippen molar-refractivity contribution in [2.24, 2.45) is 0 Å². The van der Waals surface area contributed by atoms with Gasteiger partial charge in [0.1, 0.15) is 0 Å². The van der Waals surface area contributed by atoms with E-state index in [0.29, 0.717) is 0 Å². The van der Waals surface area contributed by atoms with Crippen molar-refractivity contribution in [3.8, 4) is 0 Å². The normalized spacial score (nSPS) is 13.4. The van der Waals surface area contributed by atoms with Crippen LogP contribution in [0.4, 0.5) is 0 Å². The molecule has 0 spiro atoms. The van der Waals surface area contributed by atoms with Gasteiger partial charge >= 0.3 is 21.1 Å². The van der Waals surface area contributed by atoms with Gasteiger partial charge in [-0.2, -0.15) is 0 Å². The Bertz CT molecular complexity index is 1630. The molecule has 2 aliphatic heterocycles. The molecular weight excluding hydrogens is 647 g/mol. The zero-order chi connectivity index (χ0) is 26.4. The van der Waals surface area contributed by atoms with Gasteiger partial charge in [-0.25, -0.2) is 9.97 Å². The van der Waals surface area contributed by atoms with Crippen molar-refractivity contribution in [3.05, 3.63) is 69.3 Å². The first-order valence-corrected chi connectivity index (χ1v) is 13.9. The molecule has 5 heteroatoms. The summed E-state index contributed by atoms with van der Waals surface area (Å²) in [5, 5.41) is 0. The molecule has 0 fully saturated rings. The molecule has 0 aliphatic carbocycles. The third-order valence-electron chi connectivity index (χ3n) is 8.25. The molecule has 0 N–H and O–H groups in total. The standard InChI is InChI=1S/C33H38N4.Pt/c1-9-21-18(6)26-14-30-22(10-2)19(7)28(35-30)16-32-24(12-4)25(13-5)33(37-32)17-31-23(11-3)20(8)27(36-31)15-29(21)34-26;/h14-17H,9-13H2,1-8H3;/q-2;+2. The fourth-order valence-corrected chi connectivity index (χ4v) is 6.12. The van der Waals surface area contributed by atoms with Crippen LogP contribution >= 0.6 is 0 Å². The molecule has 0 unspecified atom stereocenters. The molecule has 3 aromatic heterocycles. The third-order valence-corrected chi connectivity index (χ3v) is 8.25. The fourth-order valence-electron chi connectivity index (χ4n) is 6.12. The van der Waals surface area contributed by atoms with Gasteiger partial charge in [-0.15, -0.1) is 22.1 Å². The monoisotopic (exact) mass is 685 g/mol. The number of aryl methyl sites for hydroxylation is 4. The summed E-state index contributed by atoms with van der Waals surface area (Å²) in [5.74, 6) is 0. The van der Waals surface area contributed by atoms with E-state index in [1.807, 2.05) is 0 Å². The number of hydrogen-bond acceptors (Lipinski definition) is 2. The maximum absolute atomic E-state index is 5.18. The van der Waals surface area contributed by atoms with Crippen LogP contribution in [0.15, 0.2) is 24.3 Å². The maximum Gasteiger partial charge on any atom is 2.00 e. The Morgan fingerprint density at radius 1 is 0.500 bits per heavy atom. The molecular formula is C33H38N4Pt. The second-order valence-electron chi connectivity index (χ2n) is 10.1. The van der Waals surface area contributed by atoms with Crippen LogP contribution in [0, 0.1) is 13.8 Å². The van der Waals surface area contributed by atoms with Gasteiger partial charge in [0.05, 0.1) is 22.8 Å². The molecule has 5 heterocycles. The molecule has 2 aliphatic rings. The Balaban J connectivity index is 0.00000336. The van der Waals surface area contributed by atoms with Gasteiger partial charge in [-0.1, -0.05) is 81.1 Å². The molecule has 5 rings (SSSR count). The van der Waals surface area contributed by atoms with E-state index in [1.54, 1.807) is 0 Å². The Morgan fingerprint density at radius 2 is 0.868 bits per heavy atom. The minimum atomic E-state index is 0. The van der Waals surface area contributed by atoms with Crippen LogP contribution in [-0.2, 0) is 33.9 Å². The van der Waals surface area contributed by atoms with Gasteiger partial charge in [0.2, 0.25) is 0 Å². The number of nitrogens with zero attached hydrogens (tertiary/aromatic N) is 4. The average Bonchev–Trinajstić information content (AvgIpc) is 3.56. The second-order valence-corrected chi connectivity index (χ2v) is 10.1.